The van der Waals surface area contributed by atoms with Gasteiger partial charge in [-0.1, -0.05) is 65.8 Å². The molecule has 0 aliphatic carbocycles. The zero-order valence-corrected chi connectivity index (χ0v) is 28.9. The van der Waals surface area contributed by atoms with Gasteiger partial charge in [-0.2, -0.15) is 0 Å². The van der Waals surface area contributed by atoms with E-state index in [9.17, 15) is 23.9 Å². The minimum Gasteiger partial charge on any atom is -0.469 e. The summed E-state index contributed by atoms with van der Waals surface area (Å²) < 4.78 is 31.5. The van der Waals surface area contributed by atoms with E-state index in [1.54, 1.807) is 31.4 Å². The number of rotatable bonds is 15. The lowest BCUT2D eigenvalue weighted by Crippen LogP contribution is -2.27. The zero-order chi connectivity index (χ0) is 36.5. The van der Waals surface area contributed by atoms with Crippen LogP contribution in [0.2, 0.25) is 0 Å². The van der Waals surface area contributed by atoms with E-state index < -0.39 is 29.6 Å². The molecule has 11 heteroatoms. The summed E-state index contributed by atoms with van der Waals surface area (Å²) in [5.74, 6) is -1.36. The molecule has 0 spiro atoms. The summed E-state index contributed by atoms with van der Waals surface area (Å²) in [7, 11) is 2.84. The molecule has 0 fully saturated rings. The largest absolute Gasteiger partial charge is 0.469 e. The fraction of sp³-hybridized carbons (Fsp3) is 0.250. The maximum absolute atomic E-state index is 14.4. The van der Waals surface area contributed by atoms with Crippen LogP contribution in [0, 0.1) is 5.82 Å². The molecule has 5 aromatic rings. The molecule has 0 saturated carbocycles. The standard InChI is InChI=1S/C40H40FN3O7/c1-25(2)44-34(18-17-32(45)21-33(46)22-36(47)50-4)37(28-13-15-30(41)16-14-28)38(27-10-6-5-7-11-27)39(44)40(48)42-23-31-20-35(51-43-31)29-12-8-9-26(19-29)24-49-3/h5-20,25,33,46H,21-24H2,1-4H3,(H,42,48)/t33-/m1/s1. The molecule has 0 bridgehead atoms. The number of ether oxygens (including phenoxy) is 2. The first-order valence-corrected chi connectivity index (χ1v) is 16.5. The number of aromatic nitrogens is 2. The van der Waals surface area contributed by atoms with Gasteiger partial charge in [0.15, 0.2) is 11.5 Å². The van der Waals surface area contributed by atoms with Crippen molar-refractivity contribution in [2.45, 2.75) is 52.0 Å². The molecule has 2 N–H and O–H groups in total. The highest BCUT2D eigenvalue weighted by atomic mass is 19.1. The number of carbonyl (C=O) groups is 3. The van der Waals surface area contributed by atoms with Gasteiger partial charge in [0, 0.05) is 42.3 Å². The van der Waals surface area contributed by atoms with Crippen molar-refractivity contribution in [3.05, 3.63) is 119 Å². The Morgan fingerprint density at radius 3 is 2.31 bits per heavy atom. The lowest BCUT2D eigenvalue weighted by Gasteiger charge is -2.17. The third-order valence-corrected chi connectivity index (χ3v) is 8.18. The number of ketones is 1. The number of hydrogen-bond acceptors (Lipinski definition) is 8. The molecule has 51 heavy (non-hydrogen) atoms. The van der Waals surface area contributed by atoms with Gasteiger partial charge in [0.25, 0.3) is 5.91 Å². The van der Waals surface area contributed by atoms with Crippen LogP contribution in [0.4, 0.5) is 4.39 Å². The molecular formula is C40H40FN3O7. The smallest absolute Gasteiger partial charge is 0.308 e. The van der Waals surface area contributed by atoms with Crippen LogP contribution in [0.3, 0.4) is 0 Å². The minimum absolute atomic E-state index is 0.0607. The van der Waals surface area contributed by atoms with Crippen molar-refractivity contribution in [2.24, 2.45) is 0 Å². The Morgan fingerprint density at radius 2 is 1.63 bits per heavy atom. The average Bonchev–Trinajstić information content (AvgIpc) is 3.74. The molecule has 2 heterocycles. The number of benzene rings is 3. The number of carbonyl (C=O) groups excluding carboxylic acids is 3. The van der Waals surface area contributed by atoms with Gasteiger partial charge < -0.3 is 29.0 Å². The Hall–Kier alpha value is -5.65. The number of amides is 1. The monoisotopic (exact) mass is 693 g/mol. The van der Waals surface area contributed by atoms with Gasteiger partial charge >= 0.3 is 5.97 Å². The lowest BCUT2D eigenvalue weighted by atomic mass is 9.94. The van der Waals surface area contributed by atoms with E-state index in [1.807, 2.05) is 73.0 Å². The van der Waals surface area contributed by atoms with Crippen LogP contribution < -0.4 is 5.32 Å². The molecule has 0 aliphatic rings. The third kappa shape index (κ3) is 8.94. The fourth-order valence-corrected chi connectivity index (χ4v) is 5.91. The fourth-order valence-electron chi connectivity index (χ4n) is 5.91. The molecule has 0 radical (unpaired) electrons. The summed E-state index contributed by atoms with van der Waals surface area (Å²) in [6, 6.07) is 24.5. The first kappa shape index (κ1) is 36.6. The van der Waals surface area contributed by atoms with Gasteiger partial charge in [0.2, 0.25) is 0 Å². The molecule has 1 amide bonds. The lowest BCUT2D eigenvalue weighted by molar-refractivity contribution is -0.143. The first-order chi connectivity index (χ1) is 24.6. The topological polar surface area (TPSA) is 133 Å². The molecule has 0 unspecified atom stereocenters. The number of methoxy groups -OCH3 is 2. The predicted molar refractivity (Wildman–Crippen MR) is 191 cm³/mol. The van der Waals surface area contributed by atoms with Gasteiger partial charge in [-0.05, 0) is 60.9 Å². The van der Waals surface area contributed by atoms with Crippen LogP contribution in [0.5, 0.6) is 0 Å². The quantitative estimate of drug-likeness (QED) is 0.0872. The van der Waals surface area contributed by atoms with E-state index in [4.69, 9.17) is 9.26 Å². The van der Waals surface area contributed by atoms with Crippen LogP contribution in [0.25, 0.3) is 39.7 Å². The van der Waals surface area contributed by atoms with Crippen molar-refractivity contribution in [3.63, 3.8) is 0 Å². The second kappa shape index (κ2) is 16.8. The Labute approximate surface area is 295 Å². The van der Waals surface area contributed by atoms with Crippen molar-refractivity contribution < 1.29 is 37.9 Å². The first-order valence-electron chi connectivity index (χ1n) is 16.5. The maximum Gasteiger partial charge on any atom is 0.308 e. The summed E-state index contributed by atoms with van der Waals surface area (Å²) >= 11 is 0. The summed E-state index contributed by atoms with van der Waals surface area (Å²) in [5, 5.41) is 17.5. The highest BCUT2D eigenvalue weighted by molar-refractivity contribution is 6.07. The van der Waals surface area contributed by atoms with E-state index >= 15 is 0 Å². The molecule has 10 nitrogen and oxygen atoms in total. The molecule has 264 valence electrons. The molecule has 3 aromatic carbocycles. The van der Waals surface area contributed by atoms with Crippen molar-refractivity contribution in [1.82, 2.24) is 15.0 Å². The highest BCUT2D eigenvalue weighted by Gasteiger charge is 2.29. The van der Waals surface area contributed by atoms with E-state index in [0.717, 1.165) is 16.7 Å². The maximum atomic E-state index is 14.4. The average molecular weight is 694 g/mol. The summed E-state index contributed by atoms with van der Waals surface area (Å²) in [4.78, 5) is 39.0. The van der Waals surface area contributed by atoms with Crippen molar-refractivity contribution in [2.75, 3.05) is 14.2 Å². The molecular weight excluding hydrogens is 653 g/mol. The summed E-state index contributed by atoms with van der Waals surface area (Å²) in [6.45, 7) is 4.35. The van der Waals surface area contributed by atoms with Crippen LogP contribution in [0.15, 0.2) is 95.5 Å². The molecule has 5 rings (SSSR count). The van der Waals surface area contributed by atoms with Gasteiger partial charge in [-0.25, -0.2) is 4.39 Å². The molecule has 2 aromatic heterocycles. The molecule has 0 aliphatic heterocycles. The zero-order valence-electron chi connectivity index (χ0n) is 28.9. The Kier molecular flexibility index (Phi) is 12.1. The number of allylic oxidation sites excluding steroid dienone is 1. The molecule has 1 atom stereocenters. The van der Waals surface area contributed by atoms with Crippen LogP contribution in [-0.4, -0.2) is 52.8 Å². The van der Waals surface area contributed by atoms with E-state index in [1.165, 1.54) is 25.3 Å². The number of hydrogen-bond donors (Lipinski definition) is 2. The number of nitrogens with zero attached hydrogens (tertiary/aromatic N) is 2. The Bertz CT molecular complexity index is 2010. The summed E-state index contributed by atoms with van der Waals surface area (Å²) in [6.07, 6.45) is 1.05. The number of nitrogens with one attached hydrogen (secondary N) is 1. The van der Waals surface area contributed by atoms with Gasteiger partial charge in [0.05, 0.1) is 38.5 Å². The van der Waals surface area contributed by atoms with Crippen molar-refractivity contribution >= 4 is 23.7 Å². The predicted octanol–water partition coefficient (Wildman–Crippen LogP) is 7.17. The third-order valence-electron chi connectivity index (χ3n) is 8.18. The second-order valence-electron chi connectivity index (χ2n) is 12.3. The van der Waals surface area contributed by atoms with Gasteiger partial charge in [-0.15, -0.1) is 0 Å². The number of esters is 1. The van der Waals surface area contributed by atoms with Crippen LogP contribution in [-0.2, 0) is 32.2 Å². The summed E-state index contributed by atoms with van der Waals surface area (Å²) in [5.41, 5.74) is 5.71. The number of aliphatic hydroxyl groups excluding tert-OH is 1. The van der Waals surface area contributed by atoms with E-state index in [0.29, 0.717) is 46.1 Å². The van der Waals surface area contributed by atoms with Gasteiger partial charge in [-0.3, -0.25) is 14.4 Å². The van der Waals surface area contributed by atoms with Gasteiger partial charge in [0.1, 0.15) is 17.2 Å². The Balaban J connectivity index is 1.57. The van der Waals surface area contributed by atoms with E-state index in [-0.39, 0.29) is 25.4 Å². The van der Waals surface area contributed by atoms with Crippen LogP contribution in [0.1, 0.15) is 60.2 Å². The second-order valence-corrected chi connectivity index (χ2v) is 12.3. The number of halogens is 1. The Morgan fingerprint density at radius 1 is 0.922 bits per heavy atom. The minimum atomic E-state index is -1.23. The van der Waals surface area contributed by atoms with Crippen LogP contribution >= 0.6 is 0 Å². The number of aliphatic hydroxyl groups is 1. The highest BCUT2D eigenvalue weighted by Crippen LogP contribution is 2.42. The van der Waals surface area contributed by atoms with E-state index in [2.05, 4.69) is 15.2 Å². The van der Waals surface area contributed by atoms with Crippen molar-refractivity contribution in [3.8, 4) is 33.6 Å². The van der Waals surface area contributed by atoms with Crippen molar-refractivity contribution in [1.29, 1.82) is 0 Å². The SMILES string of the molecule is COCc1cccc(-c2cc(CNC(=O)c3c(-c4ccccc4)c(-c4ccc(F)cc4)c(C=CC(=O)C[C@@H](O)CC(=O)OC)n3C(C)C)no2)c1. The molecule has 0 saturated heterocycles. The normalized spacial score (nSPS) is 12.0.